The van der Waals surface area contributed by atoms with Crippen molar-refractivity contribution in [3.63, 3.8) is 0 Å². The van der Waals surface area contributed by atoms with Crippen LogP contribution in [-0.4, -0.2) is 46.1 Å². The Balaban J connectivity index is 2.76. The fraction of sp³-hybridized carbons (Fsp3) is 0.368. The van der Waals surface area contributed by atoms with Crippen molar-refractivity contribution < 1.29 is 28.5 Å². The van der Waals surface area contributed by atoms with Crippen molar-refractivity contribution in [3.8, 4) is 5.75 Å². The molecule has 0 bridgehead atoms. The predicted molar refractivity (Wildman–Crippen MR) is 99.3 cm³/mol. The molecule has 1 unspecified atom stereocenters. The van der Waals surface area contributed by atoms with Gasteiger partial charge in [-0.2, -0.15) is 0 Å². The maximum absolute atomic E-state index is 13.4. The van der Waals surface area contributed by atoms with Gasteiger partial charge in [0.15, 0.2) is 23.4 Å². The third-order valence-electron chi connectivity index (χ3n) is 4.37. The molecule has 0 spiro atoms. The van der Waals surface area contributed by atoms with E-state index in [1.54, 1.807) is 26.0 Å². The smallest absolute Gasteiger partial charge is 0.201 e. The van der Waals surface area contributed by atoms with Crippen molar-refractivity contribution in [2.45, 2.75) is 20.0 Å². The van der Waals surface area contributed by atoms with Crippen molar-refractivity contribution in [2.75, 3.05) is 28.4 Å². The van der Waals surface area contributed by atoms with Crippen LogP contribution in [0.2, 0.25) is 0 Å². The highest BCUT2D eigenvalue weighted by atomic mass is 79.9. The number of allylic oxidation sites excluding steroid dienone is 1. The molecule has 6 nitrogen and oxygen atoms in total. The summed E-state index contributed by atoms with van der Waals surface area (Å²) in [4.78, 5) is 26.1. The van der Waals surface area contributed by atoms with Gasteiger partial charge in [-0.15, -0.1) is 0 Å². The Bertz CT molecular complexity index is 822. The van der Waals surface area contributed by atoms with Gasteiger partial charge in [0.05, 0.1) is 32.5 Å². The first-order valence-electron chi connectivity index (χ1n) is 7.82. The maximum Gasteiger partial charge on any atom is 0.201 e. The molecule has 0 fully saturated rings. The SMILES string of the molecule is COC1=C(OC)C(OC)C(=O)C(C)=C1C(=O)c1c(OC)ccc(Br)c1C. The fourth-order valence-electron chi connectivity index (χ4n) is 2.98. The van der Waals surface area contributed by atoms with Crippen molar-refractivity contribution in [2.24, 2.45) is 0 Å². The van der Waals surface area contributed by atoms with Crippen LogP contribution in [0.25, 0.3) is 0 Å². The molecule has 140 valence electrons. The second-order valence-electron chi connectivity index (χ2n) is 5.66. The molecule has 0 saturated heterocycles. The number of rotatable bonds is 6. The van der Waals surface area contributed by atoms with E-state index < -0.39 is 6.10 Å². The highest BCUT2D eigenvalue weighted by Gasteiger charge is 2.40. The molecule has 0 aromatic heterocycles. The minimum Gasteiger partial charge on any atom is -0.496 e. The Morgan fingerprint density at radius 3 is 2.19 bits per heavy atom. The summed E-state index contributed by atoms with van der Waals surface area (Å²) >= 11 is 3.43. The molecule has 0 saturated carbocycles. The van der Waals surface area contributed by atoms with E-state index in [1.165, 1.54) is 28.4 Å². The lowest BCUT2D eigenvalue weighted by atomic mass is 9.86. The Kier molecular flexibility index (Phi) is 6.26. The lowest BCUT2D eigenvalue weighted by Gasteiger charge is -2.27. The van der Waals surface area contributed by atoms with Gasteiger partial charge in [-0.1, -0.05) is 15.9 Å². The Hall–Kier alpha value is -2.12. The first-order valence-corrected chi connectivity index (χ1v) is 8.61. The van der Waals surface area contributed by atoms with E-state index in [0.29, 0.717) is 16.9 Å². The van der Waals surface area contributed by atoms with Crippen LogP contribution in [0.1, 0.15) is 22.8 Å². The molecule has 0 N–H and O–H groups in total. The molecule has 1 aliphatic rings. The van der Waals surface area contributed by atoms with Crippen LogP contribution in [-0.2, 0) is 19.0 Å². The van der Waals surface area contributed by atoms with Crippen LogP contribution in [0, 0.1) is 6.92 Å². The summed E-state index contributed by atoms with van der Waals surface area (Å²) in [5.41, 5.74) is 1.44. The van der Waals surface area contributed by atoms with E-state index in [9.17, 15) is 9.59 Å². The zero-order valence-corrected chi connectivity index (χ0v) is 17.1. The third-order valence-corrected chi connectivity index (χ3v) is 5.23. The second kappa shape index (κ2) is 8.05. The molecule has 0 amide bonds. The minimum absolute atomic E-state index is 0.141. The van der Waals surface area contributed by atoms with Gasteiger partial charge < -0.3 is 18.9 Å². The molecule has 0 heterocycles. The first kappa shape index (κ1) is 20.2. The third kappa shape index (κ3) is 3.17. The molecule has 2 rings (SSSR count). The quantitative estimate of drug-likeness (QED) is 0.651. The number of Topliss-reactive ketones (excluding diaryl/α,β-unsaturated/α-hetero) is 2. The average Bonchev–Trinajstić information content (AvgIpc) is 2.64. The zero-order chi connectivity index (χ0) is 19.6. The van der Waals surface area contributed by atoms with Gasteiger partial charge in [-0.05, 0) is 31.5 Å². The fourth-order valence-corrected chi connectivity index (χ4v) is 3.31. The minimum atomic E-state index is -0.947. The first-order chi connectivity index (χ1) is 12.3. The highest BCUT2D eigenvalue weighted by molar-refractivity contribution is 9.10. The number of methoxy groups -OCH3 is 4. The van der Waals surface area contributed by atoms with E-state index in [4.69, 9.17) is 18.9 Å². The van der Waals surface area contributed by atoms with E-state index in [1.807, 2.05) is 0 Å². The molecular formula is C19H21BrO6. The van der Waals surface area contributed by atoms with Gasteiger partial charge in [0.2, 0.25) is 5.78 Å². The van der Waals surface area contributed by atoms with Gasteiger partial charge in [0.1, 0.15) is 5.75 Å². The summed E-state index contributed by atoms with van der Waals surface area (Å²) in [5.74, 6) is 0.0303. The molecule has 1 aromatic rings. The maximum atomic E-state index is 13.4. The number of ketones is 2. The number of benzene rings is 1. The van der Waals surface area contributed by atoms with Gasteiger partial charge >= 0.3 is 0 Å². The molecule has 1 aromatic carbocycles. The normalized spacial score (nSPS) is 17.5. The lowest BCUT2D eigenvalue weighted by molar-refractivity contribution is -0.125. The molecule has 26 heavy (non-hydrogen) atoms. The number of halogens is 1. The summed E-state index contributed by atoms with van der Waals surface area (Å²) in [6, 6.07) is 3.49. The average molecular weight is 425 g/mol. The predicted octanol–water partition coefficient (Wildman–Crippen LogP) is 3.37. The van der Waals surface area contributed by atoms with Gasteiger partial charge in [0.25, 0.3) is 0 Å². The molecular weight excluding hydrogens is 404 g/mol. The van der Waals surface area contributed by atoms with Crippen LogP contribution in [0.5, 0.6) is 5.75 Å². The molecule has 7 heteroatoms. The monoisotopic (exact) mass is 424 g/mol. The number of hydrogen-bond acceptors (Lipinski definition) is 6. The van der Waals surface area contributed by atoms with Crippen molar-refractivity contribution in [1.82, 2.24) is 0 Å². The van der Waals surface area contributed by atoms with Crippen LogP contribution >= 0.6 is 15.9 Å². The summed E-state index contributed by atoms with van der Waals surface area (Å²) in [5, 5.41) is 0. The lowest BCUT2D eigenvalue weighted by Crippen LogP contribution is -2.34. The summed E-state index contributed by atoms with van der Waals surface area (Å²) < 4.78 is 22.1. The van der Waals surface area contributed by atoms with Crippen molar-refractivity contribution in [3.05, 3.63) is 50.4 Å². The molecule has 0 aliphatic heterocycles. The van der Waals surface area contributed by atoms with Crippen LogP contribution in [0.3, 0.4) is 0 Å². The number of carbonyl (C=O) groups is 2. The van der Waals surface area contributed by atoms with E-state index in [0.717, 1.165) is 4.47 Å². The van der Waals surface area contributed by atoms with Crippen LogP contribution in [0.4, 0.5) is 0 Å². The Labute approximate surface area is 160 Å². The van der Waals surface area contributed by atoms with Crippen molar-refractivity contribution >= 4 is 27.5 Å². The zero-order valence-electron chi connectivity index (χ0n) is 15.6. The second-order valence-corrected chi connectivity index (χ2v) is 6.51. The summed E-state index contributed by atoms with van der Waals surface area (Å²) in [6.45, 7) is 3.37. The van der Waals surface area contributed by atoms with E-state index in [2.05, 4.69) is 15.9 Å². The molecule has 0 radical (unpaired) electrons. The number of ether oxygens (including phenoxy) is 4. The number of hydrogen-bond donors (Lipinski definition) is 0. The Morgan fingerprint density at radius 2 is 1.69 bits per heavy atom. The summed E-state index contributed by atoms with van der Waals surface area (Å²) in [6.07, 6.45) is -0.947. The molecule has 1 atom stereocenters. The van der Waals surface area contributed by atoms with Crippen LogP contribution in [0.15, 0.2) is 39.3 Å². The number of carbonyl (C=O) groups excluding carboxylic acids is 2. The summed E-state index contributed by atoms with van der Waals surface area (Å²) in [7, 11) is 5.71. The van der Waals surface area contributed by atoms with E-state index in [-0.39, 0.29) is 34.2 Å². The van der Waals surface area contributed by atoms with Gasteiger partial charge in [-0.3, -0.25) is 9.59 Å². The van der Waals surface area contributed by atoms with Crippen LogP contribution < -0.4 is 4.74 Å². The topological polar surface area (TPSA) is 71.1 Å². The van der Waals surface area contributed by atoms with Gasteiger partial charge in [0, 0.05) is 17.2 Å². The van der Waals surface area contributed by atoms with E-state index >= 15 is 0 Å². The Morgan fingerprint density at radius 1 is 1.04 bits per heavy atom. The molecule has 1 aliphatic carbocycles. The van der Waals surface area contributed by atoms with Gasteiger partial charge in [-0.25, -0.2) is 0 Å². The highest BCUT2D eigenvalue weighted by Crippen LogP contribution is 2.37. The largest absolute Gasteiger partial charge is 0.496 e. The van der Waals surface area contributed by atoms with Crippen molar-refractivity contribution in [1.29, 1.82) is 0 Å². The standard InChI is InChI=1S/C19H21BrO6/c1-9-11(20)7-8-12(23-3)13(9)16(22)14-10(2)15(21)18(25-5)19(26-6)17(14)24-4/h7-8,18H,1-6H3.